The number of ether oxygens (including phenoxy) is 2. The summed E-state index contributed by atoms with van der Waals surface area (Å²) in [6.07, 6.45) is 1.47. The van der Waals surface area contributed by atoms with E-state index in [4.69, 9.17) is 13.9 Å². The highest BCUT2D eigenvalue weighted by molar-refractivity contribution is 7.99. The van der Waals surface area contributed by atoms with Gasteiger partial charge in [0.1, 0.15) is 5.52 Å². The first kappa shape index (κ1) is 22.1. The van der Waals surface area contributed by atoms with Crippen molar-refractivity contribution in [3.8, 4) is 11.5 Å². The lowest BCUT2D eigenvalue weighted by molar-refractivity contribution is -0.118. The Kier molecular flexibility index (Phi) is 7.01. The predicted octanol–water partition coefficient (Wildman–Crippen LogP) is 4.30. The highest BCUT2D eigenvalue weighted by Crippen LogP contribution is 2.28. The van der Waals surface area contributed by atoms with E-state index in [1.54, 1.807) is 42.5 Å². The Morgan fingerprint density at radius 1 is 1.06 bits per heavy atom. The van der Waals surface area contributed by atoms with Crippen molar-refractivity contribution < 1.29 is 23.5 Å². The number of hydrogen-bond donors (Lipinski definition) is 1. The summed E-state index contributed by atoms with van der Waals surface area (Å²) < 4.78 is 16.3. The summed E-state index contributed by atoms with van der Waals surface area (Å²) in [7, 11) is 1.47. The second-order valence-corrected chi connectivity index (χ2v) is 7.62. The number of para-hydroxylation sites is 2. The average Bonchev–Trinajstić information content (AvgIpc) is 3.27. The molecule has 0 aliphatic carbocycles. The van der Waals surface area contributed by atoms with Crippen molar-refractivity contribution in [1.82, 2.24) is 10.4 Å². The van der Waals surface area contributed by atoms with Crippen LogP contribution in [0.15, 0.2) is 87.5 Å². The van der Waals surface area contributed by atoms with Gasteiger partial charge in [-0.05, 0) is 48.0 Å². The van der Waals surface area contributed by atoms with E-state index in [-0.39, 0.29) is 17.4 Å². The number of benzene rings is 3. The van der Waals surface area contributed by atoms with Crippen LogP contribution in [0.1, 0.15) is 15.9 Å². The van der Waals surface area contributed by atoms with E-state index in [2.05, 4.69) is 15.5 Å². The summed E-state index contributed by atoms with van der Waals surface area (Å²) >= 11 is 1.18. The molecule has 166 valence electrons. The number of hydrazone groups is 1. The normalized spacial score (nSPS) is 10.9. The molecule has 0 atom stereocenters. The summed E-state index contributed by atoms with van der Waals surface area (Å²) in [5, 5.41) is 4.38. The van der Waals surface area contributed by atoms with Crippen molar-refractivity contribution in [2.45, 2.75) is 5.22 Å². The molecule has 1 amide bonds. The number of aromatic nitrogens is 1. The molecule has 0 bridgehead atoms. The Morgan fingerprint density at radius 3 is 2.64 bits per heavy atom. The minimum Gasteiger partial charge on any atom is -0.493 e. The molecule has 0 fully saturated rings. The van der Waals surface area contributed by atoms with Gasteiger partial charge in [0.05, 0.1) is 24.6 Å². The molecule has 0 aliphatic rings. The van der Waals surface area contributed by atoms with Crippen molar-refractivity contribution in [2.75, 3.05) is 12.9 Å². The number of methoxy groups -OCH3 is 1. The van der Waals surface area contributed by atoms with Gasteiger partial charge in [-0.2, -0.15) is 5.10 Å². The number of rotatable bonds is 8. The summed E-state index contributed by atoms with van der Waals surface area (Å²) in [4.78, 5) is 28.6. The number of carbonyl (C=O) groups is 2. The number of hydrogen-bond acceptors (Lipinski definition) is 8. The summed E-state index contributed by atoms with van der Waals surface area (Å²) in [6, 6.07) is 21.0. The standard InChI is InChI=1S/C24H19N3O5S/c1-30-21-13-16(11-12-20(21)31-23(29)17-7-3-2-4-8-17)14-25-27-22(28)15-33-24-26-18-9-5-6-10-19(18)32-24/h2-14H,15H2,1H3,(H,27,28)/b25-14-. The summed E-state index contributed by atoms with van der Waals surface area (Å²) in [5.74, 6) is -0.0526. The molecule has 4 rings (SSSR count). The number of fused-ring (bicyclic) bond motifs is 1. The number of nitrogens with zero attached hydrogens (tertiary/aromatic N) is 2. The highest BCUT2D eigenvalue weighted by atomic mass is 32.2. The van der Waals surface area contributed by atoms with Crippen LogP contribution < -0.4 is 14.9 Å². The number of carbonyl (C=O) groups excluding carboxylic acids is 2. The van der Waals surface area contributed by atoms with E-state index in [1.165, 1.54) is 25.1 Å². The Balaban J connectivity index is 1.31. The van der Waals surface area contributed by atoms with E-state index in [9.17, 15) is 9.59 Å². The fourth-order valence-corrected chi connectivity index (χ4v) is 3.46. The monoisotopic (exact) mass is 461 g/mol. The first-order chi connectivity index (χ1) is 16.1. The van der Waals surface area contributed by atoms with Gasteiger partial charge in [0, 0.05) is 0 Å². The quantitative estimate of drug-likeness (QED) is 0.137. The van der Waals surface area contributed by atoms with Gasteiger partial charge in [-0.25, -0.2) is 15.2 Å². The van der Waals surface area contributed by atoms with Gasteiger partial charge in [-0.15, -0.1) is 0 Å². The molecule has 9 heteroatoms. The van der Waals surface area contributed by atoms with Crippen LogP contribution in [0.5, 0.6) is 11.5 Å². The lowest BCUT2D eigenvalue weighted by Gasteiger charge is -2.10. The lowest BCUT2D eigenvalue weighted by atomic mass is 10.2. The van der Waals surface area contributed by atoms with Crippen LogP contribution in [-0.4, -0.2) is 35.9 Å². The SMILES string of the molecule is COc1cc(/C=N\NC(=O)CSc2nc3ccccc3o2)ccc1OC(=O)c1ccccc1. The molecule has 0 unspecified atom stereocenters. The Bertz CT molecular complexity index is 1270. The Hall–Kier alpha value is -4.11. The number of thioether (sulfide) groups is 1. The minimum absolute atomic E-state index is 0.0991. The molecular formula is C24H19N3O5S. The van der Waals surface area contributed by atoms with Crippen LogP contribution in [0.4, 0.5) is 0 Å². The van der Waals surface area contributed by atoms with Crippen LogP contribution in [0.3, 0.4) is 0 Å². The molecule has 1 heterocycles. The summed E-state index contributed by atoms with van der Waals surface area (Å²) in [5.41, 5.74) is 4.95. The molecule has 8 nitrogen and oxygen atoms in total. The van der Waals surface area contributed by atoms with Crippen molar-refractivity contribution in [1.29, 1.82) is 0 Å². The third-order valence-corrected chi connectivity index (χ3v) is 5.23. The molecule has 3 aromatic carbocycles. The Morgan fingerprint density at radius 2 is 1.85 bits per heavy atom. The van der Waals surface area contributed by atoms with Gasteiger partial charge in [-0.3, -0.25) is 4.79 Å². The second kappa shape index (κ2) is 10.5. The second-order valence-electron chi connectivity index (χ2n) is 6.70. The maximum Gasteiger partial charge on any atom is 0.343 e. The van der Waals surface area contributed by atoms with E-state index >= 15 is 0 Å². The number of oxazole rings is 1. The van der Waals surface area contributed by atoms with Crippen LogP contribution in [0.2, 0.25) is 0 Å². The molecule has 0 saturated heterocycles. The fraction of sp³-hybridized carbons (Fsp3) is 0.0833. The lowest BCUT2D eigenvalue weighted by Crippen LogP contribution is -2.19. The van der Waals surface area contributed by atoms with Crippen molar-refractivity contribution in [3.63, 3.8) is 0 Å². The molecule has 0 spiro atoms. The topological polar surface area (TPSA) is 103 Å². The maximum atomic E-state index is 12.3. The highest BCUT2D eigenvalue weighted by Gasteiger charge is 2.13. The van der Waals surface area contributed by atoms with Gasteiger partial charge in [0.2, 0.25) is 0 Å². The van der Waals surface area contributed by atoms with Crippen LogP contribution >= 0.6 is 11.8 Å². The van der Waals surface area contributed by atoms with Crippen molar-refractivity contribution >= 4 is 41.0 Å². The molecule has 1 aromatic heterocycles. The molecule has 33 heavy (non-hydrogen) atoms. The molecule has 4 aromatic rings. The zero-order valence-electron chi connectivity index (χ0n) is 17.6. The fourth-order valence-electron chi connectivity index (χ4n) is 2.83. The molecular weight excluding hydrogens is 442 g/mol. The third kappa shape index (κ3) is 5.78. The van der Waals surface area contributed by atoms with Gasteiger partial charge in [0.25, 0.3) is 11.1 Å². The Labute approximate surface area is 193 Å². The number of esters is 1. The minimum atomic E-state index is -0.487. The number of amides is 1. The van der Waals surface area contributed by atoms with Gasteiger partial charge >= 0.3 is 5.97 Å². The van der Waals surface area contributed by atoms with E-state index in [0.717, 1.165) is 5.52 Å². The average molecular weight is 461 g/mol. The van der Waals surface area contributed by atoms with Crippen molar-refractivity contribution in [3.05, 3.63) is 83.9 Å². The molecule has 0 saturated carbocycles. The van der Waals surface area contributed by atoms with Crippen LogP contribution in [0, 0.1) is 0 Å². The molecule has 0 radical (unpaired) electrons. The zero-order chi connectivity index (χ0) is 23.0. The van der Waals surface area contributed by atoms with Gasteiger partial charge < -0.3 is 13.9 Å². The van der Waals surface area contributed by atoms with Crippen LogP contribution in [-0.2, 0) is 4.79 Å². The first-order valence-corrected chi connectivity index (χ1v) is 10.9. The largest absolute Gasteiger partial charge is 0.493 e. The van der Waals surface area contributed by atoms with E-state index in [1.807, 2.05) is 30.3 Å². The maximum absolute atomic E-state index is 12.3. The van der Waals surface area contributed by atoms with Gasteiger partial charge in [-0.1, -0.05) is 42.1 Å². The first-order valence-electron chi connectivity index (χ1n) is 9.88. The van der Waals surface area contributed by atoms with Crippen molar-refractivity contribution in [2.24, 2.45) is 5.10 Å². The van der Waals surface area contributed by atoms with Crippen LogP contribution in [0.25, 0.3) is 11.1 Å². The zero-order valence-corrected chi connectivity index (χ0v) is 18.4. The molecule has 0 aliphatic heterocycles. The van der Waals surface area contributed by atoms with E-state index < -0.39 is 5.97 Å². The number of nitrogens with one attached hydrogen (secondary N) is 1. The van der Waals surface area contributed by atoms with E-state index in [0.29, 0.717) is 27.7 Å². The third-order valence-electron chi connectivity index (χ3n) is 4.40. The smallest absolute Gasteiger partial charge is 0.343 e. The van der Waals surface area contributed by atoms with Gasteiger partial charge in [0.15, 0.2) is 17.1 Å². The summed E-state index contributed by atoms with van der Waals surface area (Å²) in [6.45, 7) is 0. The molecule has 1 N–H and O–H groups in total. The predicted molar refractivity (Wildman–Crippen MR) is 125 cm³/mol.